The maximum atomic E-state index is 14.7. The van der Waals surface area contributed by atoms with Crippen molar-refractivity contribution < 1.29 is 47.6 Å². The Labute approximate surface area is 495 Å². The van der Waals surface area contributed by atoms with Crippen molar-refractivity contribution in [3.63, 3.8) is 0 Å². The summed E-state index contributed by atoms with van der Waals surface area (Å²) in [6.07, 6.45) is 5.06. The molecule has 1 aliphatic carbocycles. The first kappa shape index (κ1) is 62.5. The van der Waals surface area contributed by atoms with Crippen LogP contribution in [0, 0.1) is 23.6 Å². The molecule has 3 atom stereocenters. The first-order valence-electron chi connectivity index (χ1n) is 27.9. The van der Waals surface area contributed by atoms with E-state index < -0.39 is 40.7 Å². The van der Waals surface area contributed by atoms with E-state index in [2.05, 4.69) is 46.9 Å². The van der Waals surface area contributed by atoms with Crippen molar-refractivity contribution in [1.82, 2.24) is 56.1 Å². The minimum atomic E-state index is -0.928. The predicted octanol–water partition coefficient (Wildman–Crippen LogP) is 6.80. The van der Waals surface area contributed by atoms with Crippen molar-refractivity contribution in [2.24, 2.45) is 10.8 Å². The number of pyridine rings is 1. The minimum Gasteiger partial charge on any atom is -0.487 e. The third-order valence-electron chi connectivity index (χ3n) is 14.4. The van der Waals surface area contributed by atoms with Crippen LogP contribution in [0.25, 0.3) is 10.4 Å². The molecule has 5 heterocycles. The molecule has 0 unspecified atom stereocenters. The van der Waals surface area contributed by atoms with Crippen molar-refractivity contribution >= 4 is 68.9 Å². The van der Waals surface area contributed by atoms with Crippen molar-refractivity contribution in [1.29, 1.82) is 0 Å². The molecule has 6 aromatic rings. The average molecular weight is 1200 g/mol. The van der Waals surface area contributed by atoms with E-state index in [-0.39, 0.29) is 73.7 Å². The summed E-state index contributed by atoms with van der Waals surface area (Å²) >= 11 is 9.04. The maximum absolute atomic E-state index is 14.7. The Morgan fingerprint density at radius 1 is 0.904 bits per heavy atom. The number of nitrogens with one attached hydrogen (secondary N) is 5. The molecular formula is C58H74ClFN12O9S2. The van der Waals surface area contributed by atoms with Gasteiger partial charge in [0, 0.05) is 69.3 Å². The van der Waals surface area contributed by atoms with Gasteiger partial charge < -0.3 is 55.5 Å². The fourth-order valence-corrected chi connectivity index (χ4v) is 11.5. The SMILES string of the molecule is Cc1ncsc1-c1ccc(CNC(=O)[C@@H]2C[C@@H](O)CN2C(=O)[C@@H](NC(=O)CCNCCn2cc(COCCOCCOCCNC(=O)C3(Cc4cccc(Nc5nccs5)n4)CCC(Oc4cccc(Cl)c4F)CC3)nn2)C(C)(C)C)cc1. The molecule has 2 aromatic carbocycles. The highest BCUT2D eigenvalue weighted by Crippen LogP contribution is 2.41. The molecule has 83 heavy (non-hydrogen) atoms. The molecule has 6 N–H and O–H groups in total. The Hall–Kier alpha value is -6.51. The van der Waals surface area contributed by atoms with Crippen LogP contribution in [-0.4, -0.2) is 147 Å². The van der Waals surface area contributed by atoms with Crippen molar-refractivity contribution in [2.45, 2.75) is 117 Å². The topological polar surface area (TPSA) is 258 Å². The monoisotopic (exact) mass is 1200 g/mol. The first-order valence-corrected chi connectivity index (χ1v) is 30.1. The molecular weight excluding hydrogens is 1130 g/mol. The number of hydrogen-bond acceptors (Lipinski definition) is 18. The van der Waals surface area contributed by atoms with Crippen LogP contribution in [-0.2, 0) is 59.5 Å². The van der Waals surface area contributed by atoms with Crippen LogP contribution in [0.3, 0.4) is 0 Å². The molecule has 2 aliphatic rings. The summed E-state index contributed by atoms with van der Waals surface area (Å²) < 4.78 is 39.6. The van der Waals surface area contributed by atoms with Gasteiger partial charge in [-0.25, -0.2) is 19.3 Å². The number of amides is 4. The number of halogens is 2. The average Bonchev–Trinajstić information content (AvgIpc) is 4.45. The molecule has 446 valence electrons. The van der Waals surface area contributed by atoms with E-state index in [0.717, 1.165) is 32.5 Å². The summed E-state index contributed by atoms with van der Waals surface area (Å²) in [5.41, 5.74) is 4.67. The van der Waals surface area contributed by atoms with Gasteiger partial charge in [0.05, 0.1) is 91.1 Å². The maximum Gasteiger partial charge on any atom is 0.246 e. The second-order valence-corrected chi connectivity index (χ2v) is 23.9. The Morgan fingerprint density at radius 3 is 2.40 bits per heavy atom. The largest absolute Gasteiger partial charge is 0.487 e. The Morgan fingerprint density at radius 2 is 1.66 bits per heavy atom. The summed E-state index contributed by atoms with van der Waals surface area (Å²) in [5, 5.41) is 36.9. The number of carbonyl (C=O) groups excluding carboxylic acids is 4. The quantitative estimate of drug-likeness (QED) is 0.0253. The Balaban J connectivity index is 0.675. The number of aromatic nitrogens is 6. The number of nitrogens with zero attached hydrogens (tertiary/aromatic N) is 7. The molecule has 4 amide bonds. The third kappa shape index (κ3) is 18.2. The summed E-state index contributed by atoms with van der Waals surface area (Å²) in [5.74, 6) is -1.07. The van der Waals surface area contributed by atoms with Crippen LogP contribution >= 0.6 is 34.3 Å². The van der Waals surface area contributed by atoms with E-state index in [4.69, 9.17) is 35.5 Å². The van der Waals surface area contributed by atoms with Gasteiger partial charge in [-0.05, 0) is 73.4 Å². The van der Waals surface area contributed by atoms with E-state index >= 15 is 0 Å². The number of β-amino-alcohol motifs (C(OH)–C–C–N with tert-alkyl or cyclic N) is 1. The zero-order chi connectivity index (χ0) is 58.8. The highest BCUT2D eigenvalue weighted by Gasteiger charge is 2.45. The van der Waals surface area contributed by atoms with Gasteiger partial charge in [-0.3, -0.25) is 23.9 Å². The highest BCUT2D eigenvalue weighted by atomic mass is 35.5. The molecule has 0 radical (unpaired) electrons. The number of anilines is 2. The molecule has 1 saturated heterocycles. The second-order valence-electron chi connectivity index (χ2n) is 21.8. The van der Waals surface area contributed by atoms with Gasteiger partial charge in [-0.1, -0.05) is 74.0 Å². The number of aliphatic hydroxyl groups is 1. The van der Waals surface area contributed by atoms with E-state index in [1.165, 1.54) is 22.3 Å². The van der Waals surface area contributed by atoms with Gasteiger partial charge >= 0.3 is 0 Å². The van der Waals surface area contributed by atoms with Gasteiger partial charge in [0.15, 0.2) is 16.7 Å². The number of ether oxygens (including phenoxy) is 4. The highest BCUT2D eigenvalue weighted by molar-refractivity contribution is 7.13. The smallest absolute Gasteiger partial charge is 0.246 e. The van der Waals surface area contributed by atoms with Crippen molar-refractivity contribution in [3.8, 4) is 16.2 Å². The zero-order valence-electron chi connectivity index (χ0n) is 47.2. The summed E-state index contributed by atoms with van der Waals surface area (Å²) in [4.78, 5) is 70.7. The van der Waals surface area contributed by atoms with Crippen LogP contribution in [0.4, 0.5) is 15.3 Å². The van der Waals surface area contributed by atoms with E-state index in [1.807, 2.05) is 81.1 Å². The lowest BCUT2D eigenvalue weighted by molar-refractivity contribution is -0.144. The van der Waals surface area contributed by atoms with E-state index in [1.54, 1.807) is 40.5 Å². The van der Waals surface area contributed by atoms with Crippen molar-refractivity contribution in [3.05, 3.63) is 117 Å². The number of aliphatic hydroxyl groups excluding tert-OH is 1. The van der Waals surface area contributed by atoms with Crippen molar-refractivity contribution in [2.75, 3.05) is 64.5 Å². The van der Waals surface area contributed by atoms with E-state index in [0.29, 0.717) is 96.2 Å². The fraction of sp³-hybridized carbons (Fsp3) is 0.500. The minimum absolute atomic E-state index is 0.00552. The number of thiazole rings is 2. The normalized spacial score (nSPS) is 18.4. The standard InChI is InChI=1S/C58H74ClFN12O9S2/c1-38-51(83-37-65-38)40-13-11-39(12-14-40)33-64-53(75)46-31-43(73)35-72(46)54(76)52(57(2,3)4)68-49(74)17-20-61-21-24-71-34-42(69-70-71)36-80-29-28-79-27-26-78-25-22-62-55(77)58(32-41-7-5-10-48(66-41)67-56-63-23-30-82-56)18-15-44(16-19-58)81-47-9-6-8-45(59)50(47)60/h5-14,23,30,34,37,43-44,46,52,61,73H,15-22,24-29,31-33,35-36H2,1-4H3,(H,62,77)(H,64,75)(H,68,74)(H,63,66,67)/t43-,44?,46+,52-,58?/m1/s1. The lowest BCUT2D eigenvalue weighted by atomic mass is 9.69. The predicted molar refractivity (Wildman–Crippen MR) is 314 cm³/mol. The van der Waals surface area contributed by atoms with Crippen LogP contribution in [0.15, 0.2) is 83.9 Å². The molecule has 0 spiro atoms. The van der Waals surface area contributed by atoms with Gasteiger partial charge in [0.1, 0.15) is 23.6 Å². The molecule has 1 aliphatic heterocycles. The molecule has 0 bridgehead atoms. The number of benzene rings is 2. The molecule has 21 nitrogen and oxygen atoms in total. The third-order valence-corrected chi connectivity index (χ3v) is 16.4. The lowest BCUT2D eigenvalue weighted by Crippen LogP contribution is -2.57. The zero-order valence-corrected chi connectivity index (χ0v) is 49.6. The molecule has 25 heteroatoms. The number of carbonyl (C=O) groups is 4. The fourth-order valence-electron chi connectivity index (χ4n) is 9.98. The first-order chi connectivity index (χ1) is 40.0. The molecule has 8 rings (SSSR count). The lowest BCUT2D eigenvalue weighted by Gasteiger charge is -2.39. The number of hydrogen-bond donors (Lipinski definition) is 6. The number of rotatable bonds is 30. The Kier molecular flexibility index (Phi) is 22.9. The van der Waals surface area contributed by atoms with Crippen LogP contribution in [0.1, 0.15) is 81.9 Å². The number of likely N-dealkylation sites (tertiary alicyclic amines) is 1. The number of aryl methyl sites for hydroxylation is 1. The summed E-state index contributed by atoms with van der Waals surface area (Å²) in [6, 6.07) is 16.4. The second kappa shape index (κ2) is 30.3. The van der Waals surface area contributed by atoms with Gasteiger partial charge in [-0.2, -0.15) is 0 Å². The van der Waals surface area contributed by atoms with Gasteiger partial charge in [-0.15, -0.1) is 27.8 Å². The molecule has 4 aromatic heterocycles. The van der Waals surface area contributed by atoms with Gasteiger partial charge in [0.2, 0.25) is 23.6 Å². The Bertz CT molecular complexity index is 3050. The molecule has 2 fully saturated rings. The van der Waals surface area contributed by atoms with E-state index in [9.17, 15) is 28.7 Å². The summed E-state index contributed by atoms with van der Waals surface area (Å²) in [6.45, 7) is 11.3. The van der Waals surface area contributed by atoms with Crippen LogP contribution in [0.5, 0.6) is 5.75 Å². The van der Waals surface area contributed by atoms with Crippen LogP contribution in [0.2, 0.25) is 5.02 Å². The molecule has 1 saturated carbocycles. The summed E-state index contributed by atoms with van der Waals surface area (Å²) in [7, 11) is 0. The van der Waals surface area contributed by atoms with Crippen LogP contribution < -0.4 is 31.3 Å². The van der Waals surface area contributed by atoms with Gasteiger partial charge in [0.25, 0.3) is 0 Å².